The van der Waals surface area contributed by atoms with E-state index in [2.05, 4.69) is 5.32 Å². The van der Waals surface area contributed by atoms with Crippen molar-refractivity contribution in [1.82, 2.24) is 0 Å². The Bertz CT molecular complexity index is 1230. The minimum absolute atomic E-state index is 0.00755. The van der Waals surface area contributed by atoms with E-state index < -0.39 is 34.2 Å². The zero-order valence-corrected chi connectivity index (χ0v) is 18.2. The van der Waals surface area contributed by atoms with Gasteiger partial charge < -0.3 is 5.32 Å². The fourth-order valence-corrected chi connectivity index (χ4v) is 4.72. The molecule has 1 amide bonds. The van der Waals surface area contributed by atoms with E-state index >= 15 is 0 Å². The van der Waals surface area contributed by atoms with Crippen molar-refractivity contribution in [2.75, 3.05) is 16.2 Å². The smallest absolute Gasteiger partial charge is 0.325 e. The molecule has 0 heterocycles. The van der Waals surface area contributed by atoms with Crippen LogP contribution in [0.1, 0.15) is 16.7 Å². The Labute approximate surface area is 184 Å². The molecule has 0 atom stereocenters. The van der Waals surface area contributed by atoms with Crippen LogP contribution in [0.15, 0.2) is 77.7 Å². The van der Waals surface area contributed by atoms with Crippen molar-refractivity contribution in [3.8, 4) is 0 Å². The Kier molecular flexibility index (Phi) is 6.59. The van der Waals surface area contributed by atoms with Gasteiger partial charge in [0.25, 0.3) is 10.0 Å². The maximum atomic E-state index is 13.3. The minimum atomic E-state index is -4.57. The van der Waals surface area contributed by atoms with Gasteiger partial charge in [-0.05, 0) is 55.8 Å². The van der Waals surface area contributed by atoms with Gasteiger partial charge in [-0.3, -0.25) is 9.10 Å². The lowest BCUT2D eigenvalue weighted by Gasteiger charge is -2.26. The Morgan fingerprint density at radius 2 is 1.62 bits per heavy atom. The van der Waals surface area contributed by atoms with Gasteiger partial charge in [0, 0.05) is 5.69 Å². The molecule has 1 N–H and O–H groups in total. The molecule has 3 aromatic carbocycles. The number of alkyl halides is 3. The molecule has 32 heavy (non-hydrogen) atoms. The summed E-state index contributed by atoms with van der Waals surface area (Å²) < 4.78 is 66.5. The lowest BCUT2D eigenvalue weighted by molar-refractivity contribution is -0.137. The van der Waals surface area contributed by atoms with Crippen LogP contribution in [0.4, 0.5) is 24.5 Å². The van der Waals surface area contributed by atoms with Crippen molar-refractivity contribution in [1.29, 1.82) is 0 Å². The third-order valence-corrected chi connectivity index (χ3v) is 6.49. The molecule has 0 unspecified atom stereocenters. The quantitative estimate of drug-likeness (QED) is 0.551. The van der Waals surface area contributed by atoms with Gasteiger partial charge in [0.1, 0.15) is 6.54 Å². The summed E-state index contributed by atoms with van der Waals surface area (Å²) in [6.45, 7) is 2.96. The molecule has 0 aliphatic heterocycles. The number of hydrogen-bond acceptors (Lipinski definition) is 3. The van der Waals surface area contributed by atoms with Crippen LogP contribution in [-0.2, 0) is 21.0 Å². The number of rotatable bonds is 6. The second-order valence-corrected chi connectivity index (χ2v) is 9.10. The van der Waals surface area contributed by atoms with Gasteiger partial charge in [-0.1, -0.05) is 42.0 Å². The molecule has 0 spiro atoms. The Balaban J connectivity index is 1.95. The number of sulfonamides is 1. The highest BCUT2D eigenvalue weighted by Crippen LogP contribution is 2.31. The molecule has 0 aromatic heterocycles. The molecule has 0 saturated heterocycles. The third kappa shape index (κ3) is 5.28. The molecular formula is C23H21F3N2O3S. The third-order valence-electron chi connectivity index (χ3n) is 4.71. The number of hydrogen-bond donors (Lipinski definition) is 1. The fourth-order valence-electron chi connectivity index (χ4n) is 3.21. The van der Waals surface area contributed by atoms with Crippen LogP contribution >= 0.6 is 0 Å². The van der Waals surface area contributed by atoms with E-state index in [1.54, 1.807) is 43.3 Å². The minimum Gasteiger partial charge on any atom is -0.325 e. The van der Waals surface area contributed by atoms with E-state index in [0.717, 1.165) is 22.0 Å². The summed E-state index contributed by atoms with van der Waals surface area (Å²) >= 11 is 0. The van der Waals surface area contributed by atoms with Crippen molar-refractivity contribution in [2.45, 2.75) is 24.9 Å². The number of benzene rings is 3. The van der Waals surface area contributed by atoms with Gasteiger partial charge in [-0.25, -0.2) is 8.42 Å². The predicted molar refractivity (Wildman–Crippen MR) is 117 cm³/mol. The number of halogens is 3. The molecule has 0 aliphatic carbocycles. The Morgan fingerprint density at radius 1 is 0.938 bits per heavy atom. The standard InChI is InChI=1S/C23H21F3N2O3S/c1-16-11-12-21(17(2)13-16)28(32(30,31)20-9-4-3-5-10-20)15-22(29)27-19-8-6-7-18(14-19)23(24,25)26/h3-14H,15H2,1-2H3,(H,27,29). The van der Waals surface area contributed by atoms with Gasteiger partial charge in [-0.15, -0.1) is 0 Å². The maximum absolute atomic E-state index is 13.3. The molecule has 9 heteroatoms. The van der Waals surface area contributed by atoms with E-state index in [1.165, 1.54) is 24.3 Å². The molecule has 3 aromatic rings. The number of nitrogens with zero attached hydrogens (tertiary/aromatic N) is 1. The first kappa shape index (κ1) is 23.3. The monoisotopic (exact) mass is 462 g/mol. The van der Waals surface area contributed by atoms with Crippen LogP contribution in [0, 0.1) is 13.8 Å². The average Bonchev–Trinajstić information content (AvgIpc) is 2.73. The van der Waals surface area contributed by atoms with E-state index in [4.69, 9.17) is 0 Å². The van der Waals surface area contributed by atoms with Gasteiger partial charge in [-0.2, -0.15) is 13.2 Å². The highest BCUT2D eigenvalue weighted by Gasteiger charge is 2.31. The fraction of sp³-hybridized carbons (Fsp3) is 0.174. The van der Waals surface area contributed by atoms with Gasteiger partial charge in [0.05, 0.1) is 16.1 Å². The van der Waals surface area contributed by atoms with Gasteiger partial charge in [0.2, 0.25) is 5.91 Å². The largest absolute Gasteiger partial charge is 0.416 e. The lowest BCUT2D eigenvalue weighted by Crippen LogP contribution is -2.38. The number of carbonyl (C=O) groups is 1. The molecule has 3 rings (SSSR count). The zero-order chi connectivity index (χ0) is 23.5. The molecule has 0 aliphatic rings. The predicted octanol–water partition coefficient (Wildman–Crippen LogP) is 5.16. The van der Waals surface area contributed by atoms with Crippen molar-refractivity contribution in [3.05, 3.63) is 89.5 Å². The zero-order valence-electron chi connectivity index (χ0n) is 17.3. The first-order valence-electron chi connectivity index (χ1n) is 9.60. The molecule has 0 fully saturated rings. The van der Waals surface area contributed by atoms with Crippen LogP contribution in [0.5, 0.6) is 0 Å². The van der Waals surface area contributed by atoms with Crippen molar-refractivity contribution in [3.63, 3.8) is 0 Å². The molecular weight excluding hydrogens is 441 g/mol. The summed E-state index contributed by atoms with van der Waals surface area (Å²) in [4.78, 5) is 12.7. The number of carbonyl (C=O) groups excluding carboxylic acids is 1. The van der Waals surface area contributed by atoms with Crippen LogP contribution in [0.25, 0.3) is 0 Å². The maximum Gasteiger partial charge on any atom is 0.416 e. The number of aryl methyl sites for hydroxylation is 2. The molecule has 0 radical (unpaired) electrons. The van der Waals surface area contributed by atoms with Crippen LogP contribution in [-0.4, -0.2) is 20.9 Å². The van der Waals surface area contributed by atoms with E-state index in [0.29, 0.717) is 11.3 Å². The molecule has 0 saturated carbocycles. The van der Waals surface area contributed by atoms with Gasteiger partial charge in [0.15, 0.2) is 0 Å². The molecule has 0 bridgehead atoms. The first-order chi connectivity index (χ1) is 15.0. The number of nitrogens with one attached hydrogen (secondary N) is 1. The second-order valence-electron chi connectivity index (χ2n) is 7.24. The Morgan fingerprint density at radius 3 is 2.25 bits per heavy atom. The summed E-state index contributed by atoms with van der Waals surface area (Å²) in [5, 5.41) is 2.36. The van der Waals surface area contributed by atoms with Crippen molar-refractivity contribution in [2.24, 2.45) is 0 Å². The average molecular weight is 462 g/mol. The summed E-state index contributed by atoms with van der Waals surface area (Å²) in [6, 6.07) is 16.9. The Hall–Kier alpha value is -3.33. The normalized spacial score (nSPS) is 11.8. The number of amides is 1. The second kappa shape index (κ2) is 9.04. The van der Waals surface area contributed by atoms with Gasteiger partial charge >= 0.3 is 6.18 Å². The topological polar surface area (TPSA) is 66.5 Å². The first-order valence-corrected chi connectivity index (χ1v) is 11.0. The van der Waals surface area contributed by atoms with Crippen molar-refractivity contribution < 1.29 is 26.4 Å². The van der Waals surface area contributed by atoms with Crippen LogP contribution in [0.2, 0.25) is 0 Å². The van der Waals surface area contributed by atoms with Crippen molar-refractivity contribution >= 4 is 27.3 Å². The SMILES string of the molecule is Cc1ccc(N(CC(=O)Nc2cccc(C(F)(F)F)c2)S(=O)(=O)c2ccccc2)c(C)c1. The van der Waals surface area contributed by atoms with E-state index in [1.807, 2.05) is 6.92 Å². The molecule has 168 valence electrons. The van der Waals surface area contributed by atoms with Crippen LogP contribution < -0.4 is 9.62 Å². The summed E-state index contributed by atoms with van der Waals surface area (Å²) in [6.07, 6.45) is -4.57. The number of anilines is 2. The highest BCUT2D eigenvalue weighted by atomic mass is 32.2. The van der Waals surface area contributed by atoms with E-state index in [9.17, 15) is 26.4 Å². The van der Waals surface area contributed by atoms with Crippen LogP contribution in [0.3, 0.4) is 0 Å². The summed E-state index contributed by atoms with van der Waals surface area (Å²) in [5.41, 5.74) is 0.854. The highest BCUT2D eigenvalue weighted by molar-refractivity contribution is 7.92. The van der Waals surface area contributed by atoms with E-state index in [-0.39, 0.29) is 10.6 Å². The lowest BCUT2D eigenvalue weighted by atomic mass is 10.1. The summed E-state index contributed by atoms with van der Waals surface area (Å²) in [7, 11) is -4.12. The molecule has 5 nitrogen and oxygen atoms in total. The summed E-state index contributed by atoms with van der Waals surface area (Å²) in [5.74, 6) is -0.774.